The van der Waals surface area contributed by atoms with Gasteiger partial charge in [0.2, 0.25) is 0 Å². The summed E-state index contributed by atoms with van der Waals surface area (Å²) in [4.78, 5) is 26.7. The van der Waals surface area contributed by atoms with Crippen LogP contribution in [0.5, 0.6) is 0 Å². The lowest BCUT2D eigenvalue weighted by atomic mass is 10.3. The molecule has 7 heteroatoms. The van der Waals surface area contributed by atoms with Gasteiger partial charge in [-0.25, -0.2) is 4.98 Å². The number of morpholine rings is 1. The summed E-state index contributed by atoms with van der Waals surface area (Å²) in [6.45, 7) is 4.90. The third kappa shape index (κ3) is 3.24. The summed E-state index contributed by atoms with van der Waals surface area (Å²) in [5.74, 6) is 0.228. The molecular formula is C11H15N3O4. The minimum atomic E-state index is -0.530. The van der Waals surface area contributed by atoms with E-state index in [1.54, 1.807) is 0 Å². The number of amides is 1. The van der Waals surface area contributed by atoms with Crippen LogP contribution in [0, 0.1) is 10.1 Å². The highest BCUT2D eigenvalue weighted by Crippen LogP contribution is 2.17. The maximum Gasteiger partial charge on any atom is 0.287 e. The monoisotopic (exact) mass is 253 g/mol. The van der Waals surface area contributed by atoms with Crippen molar-refractivity contribution in [2.24, 2.45) is 0 Å². The molecule has 0 saturated carbocycles. The quantitative estimate of drug-likeness (QED) is 0.587. The van der Waals surface area contributed by atoms with Crippen LogP contribution in [-0.2, 0) is 9.53 Å². The molecule has 1 saturated heterocycles. The van der Waals surface area contributed by atoms with E-state index >= 15 is 0 Å². The highest BCUT2D eigenvalue weighted by atomic mass is 16.6. The van der Waals surface area contributed by atoms with Crippen molar-refractivity contribution in [3.8, 4) is 0 Å². The van der Waals surface area contributed by atoms with E-state index in [0.29, 0.717) is 19.0 Å². The number of carbonyl (C=O) groups excluding carboxylic acids is 1. The number of nitrogens with zero attached hydrogens (tertiary/aromatic N) is 3. The Kier molecular flexibility index (Phi) is 5.19. The molecule has 0 bridgehead atoms. The first-order chi connectivity index (χ1) is 8.68. The van der Waals surface area contributed by atoms with Gasteiger partial charge in [-0.05, 0) is 6.07 Å². The second-order valence-corrected chi connectivity index (χ2v) is 3.23. The van der Waals surface area contributed by atoms with Crippen LogP contribution in [0.1, 0.15) is 13.8 Å². The molecule has 0 spiro atoms. The Morgan fingerprint density at radius 3 is 2.67 bits per heavy atom. The second kappa shape index (κ2) is 6.65. The maximum atomic E-state index is 11.4. The standard InChI is InChI=1S/C9H9N3O4.C2H6/c13-9-6-16-4-3-11(9)8-2-1-7(5-10-8)12(14)15;1-2/h1-2,5H,3-4,6H2;1-2H3. The predicted molar refractivity (Wildman–Crippen MR) is 65.4 cm³/mol. The van der Waals surface area contributed by atoms with Gasteiger partial charge in [-0.3, -0.25) is 19.8 Å². The third-order valence-electron chi connectivity index (χ3n) is 2.21. The van der Waals surface area contributed by atoms with Crippen LogP contribution in [0.25, 0.3) is 0 Å². The molecular weight excluding hydrogens is 238 g/mol. The minimum absolute atomic E-state index is 0.0265. The number of hydrogen-bond donors (Lipinski definition) is 0. The summed E-state index contributed by atoms with van der Waals surface area (Å²) < 4.78 is 4.97. The Morgan fingerprint density at radius 1 is 1.44 bits per heavy atom. The van der Waals surface area contributed by atoms with Crippen LogP contribution in [0.4, 0.5) is 11.5 Å². The van der Waals surface area contributed by atoms with Gasteiger partial charge >= 0.3 is 0 Å². The Balaban J connectivity index is 0.000000771. The lowest BCUT2D eigenvalue weighted by Gasteiger charge is -2.25. The zero-order valence-electron chi connectivity index (χ0n) is 10.3. The molecule has 7 nitrogen and oxygen atoms in total. The minimum Gasteiger partial charge on any atom is -0.370 e. The number of aromatic nitrogens is 1. The molecule has 0 unspecified atom stereocenters. The summed E-state index contributed by atoms with van der Waals surface area (Å²) in [6.07, 6.45) is 1.14. The highest BCUT2D eigenvalue weighted by Gasteiger charge is 2.21. The number of rotatable bonds is 2. The van der Waals surface area contributed by atoms with Gasteiger partial charge in [0.05, 0.1) is 18.1 Å². The first-order valence-corrected chi connectivity index (χ1v) is 5.67. The molecule has 0 radical (unpaired) electrons. The molecule has 0 aromatic carbocycles. The topological polar surface area (TPSA) is 85.6 Å². The molecule has 0 N–H and O–H groups in total. The van der Waals surface area contributed by atoms with Gasteiger partial charge in [-0.2, -0.15) is 0 Å². The van der Waals surface area contributed by atoms with E-state index in [9.17, 15) is 14.9 Å². The summed E-state index contributed by atoms with van der Waals surface area (Å²) >= 11 is 0. The smallest absolute Gasteiger partial charge is 0.287 e. The lowest BCUT2D eigenvalue weighted by molar-refractivity contribution is -0.385. The molecule has 1 aliphatic heterocycles. The first-order valence-electron chi connectivity index (χ1n) is 5.67. The molecule has 0 aliphatic carbocycles. The summed E-state index contributed by atoms with van der Waals surface area (Å²) in [7, 11) is 0. The first kappa shape index (κ1) is 14.0. The predicted octanol–water partition coefficient (Wildman–Crippen LogP) is 1.38. The average Bonchev–Trinajstić information content (AvgIpc) is 2.42. The van der Waals surface area contributed by atoms with Gasteiger partial charge in [0, 0.05) is 6.07 Å². The fourth-order valence-corrected chi connectivity index (χ4v) is 1.41. The van der Waals surface area contributed by atoms with Crippen molar-refractivity contribution in [1.82, 2.24) is 4.98 Å². The van der Waals surface area contributed by atoms with E-state index in [0.717, 1.165) is 6.20 Å². The summed E-state index contributed by atoms with van der Waals surface area (Å²) in [6, 6.07) is 2.78. The van der Waals surface area contributed by atoms with Gasteiger partial charge in [-0.15, -0.1) is 0 Å². The largest absolute Gasteiger partial charge is 0.370 e. The van der Waals surface area contributed by atoms with Crippen molar-refractivity contribution in [3.63, 3.8) is 0 Å². The lowest BCUT2D eigenvalue weighted by Crippen LogP contribution is -2.42. The van der Waals surface area contributed by atoms with E-state index in [-0.39, 0.29) is 18.2 Å². The van der Waals surface area contributed by atoms with Crippen LogP contribution < -0.4 is 4.90 Å². The molecule has 1 aliphatic rings. The molecule has 1 amide bonds. The maximum absolute atomic E-state index is 11.4. The molecule has 2 heterocycles. The number of anilines is 1. The molecule has 0 atom stereocenters. The van der Waals surface area contributed by atoms with Gasteiger partial charge < -0.3 is 4.74 Å². The van der Waals surface area contributed by atoms with Crippen molar-refractivity contribution in [2.45, 2.75) is 13.8 Å². The van der Waals surface area contributed by atoms with Gasteiger partial charge in [0.15, 0.2) is 0 Å². The summed E-state index contributed by atoms with van der Waals surface area (Å²) in [5.41, 5.74) is -0.0931. The molecule has 18 heavy (non-hydrogen) atoms. The molecule has 2 rings (SSSR count). The molecule has 98 valence electrons. The Labute approximate surface area is 105 Å². The van der Waals surface area contributed by atoms with E-state index in [1.807, 2.05) is 13.8 Å². The van der Waals surface area contributed by atoms with Crippen LogP contribution in [0.3, 0.4) is 0 Å². The second-order valence-electron chi connectivity index (χ2n) is 3.23. The molecule has 1 fully saturated rings. The Hall–Kier alpha value is -2.02. The third-order valence-corrected chi connectivity index (χ3v) is 2.21. The van der Waals surface area contributed by atoms with Crippen molar-refractivity contribution in [3.05, 3.63) is 28.4 Å². The number of nitro groups is 1. The van der Waals surface area contributed by atoms with Crippen LogP contribution >= 0.6 is 0 Å². The van der Waals surface area contributed by atoms with E-state index in [4.69, 9.17) is 4.74 Å². The summed E-state index contributed by atoms with van der Waals surface area (Å²) in [5, 5.41) is 10.4. The Morgan fingerprint density at radius 2 is 2.17 bits per heavy atom. The van der Waals surface area contributed by atoms with Crippen LogP contribution in [-0.4, -0.2) is 35.6 Å². The van der Waals surface area contributed by atoms with E-state index < -0.39 is 4.92 Å². The Bertz CT molecular complexity index is 419. The van der Waals surface area contributed by atoms with Crippen molar-refractivity contribution < 1.29 is 14.5 Å². The zero-order valence-corrected chi connectivity index (χ0v) is 10.3. The SMILES string of the molecule is CC.O=C1COCCN1c1ccc([N+](=O)[O-])cn1. The molecule has 1 aromatic heterocycles. The fraction of sp³-hybridized carbons (Fsp3) is 0.455. The average molecular weight is 253 g/mol. The van der Waals surface area contributed by atoms with E-state index in [1.165, 1.54) is 17.0 Å². The molecule has 1 aromatic rings. The van der Waals surface area contributed by atoms with Crippen molar-refractivity contribution >= 4 is 17.4 Å². The van der Waals surface area contributed by atoms with Gasteiger partial charge in [0.1, 0.15) is 18.6 Å². The normalized spacial score (nSPS) is 14.8. The fourth-order valence-electron chi connectivity index (χ4n) is 1.41. The number of carbonyl (C=O) groups is 1. The van der Waals surface area contributed by atoms with E-state index in [2.05, 4.69) is 4.98 Å². The van der Waals surface area contributed by atoms with Crippen molar-refractivity contribution in [2.75, 3.05) is 24.7 Å². The van der Waals surface area contributed by atoms with Gasteiger partial charge in [0.25, 0.3) is 11.6 Å². The van der Waals surface area contributed by atoms with Crippen molar-refractivity contribution in [1.29, 1.82) is 0 Å². The van der Waals surface area contributed by atoms with Crippen LogP contribution in [0.15, 0.2) is 18.3 Å². The zero-order chi connectivity index (χ0) is 13.5. The van der Waals surface area contributed by atoms with Gasteiger partial charge in [-0.1, -0.05) is 13.8 Å². The number of hydrogen-bond acceptors (Lipinski definition) is 5. The number of ether oxygens (including phenoxy) is 1. The number of pyridine rings is 1. The van der Waals surface area contributed by atoms with Crippen LogP contribution in [0.2, 0.25) is 0 Å². The highest BCUT2D eigenvalue weighted by molar-refractivity contribution is 5.93.